The van der Waals surface area contributed by atoms with Crippen LogP contribution in [-0.4, -0.2) is 30.3 Å². The molecule has 13 heteroatoms. The van der Waals surface area contributed by atoms with Crippen LogP contribution in [0.15, 0.2) is 42.5 Å². The van der Waals surface area contributed by atoms with E-state index >= 15 is 0 Å². The van der Waals surface area contributed by atoms with E-state index in [1.807, 2.05) is 5.43 Å². The monoisotopic (exact) mass is 505 g/mol. The molecule has 0 bridgehead atoms. The average molecular weight is 506 g/mol. The number of amides is 3. The molecule has 3 amide bonds. The van der Waals surface area contributed by atoms with Crippen LogP contribution in [0.25, 0.3) is 0 Å². The maximum atomic E-state index is 12.8. The molecule has 2 aromatic rings. The molecule has 0 aliphatic carbocycles. The van der Waals surface area contributed by atoms with E-state index in [4.69, 9.17) is 23.2 Å². The summed E-state index contributed by atoms with van der Waals surface area (Å²) >= 11 is 11.6. The fourth-order valence-corrected chi connectivity index (χ4v) is 2.71. The van der Waals surface area contributed by atoms with Crippen molar-refractivity contribution < 1.29 is 37.1 Å². The Morgan fingerprint density at radius 1 is 0.879 bits per heavy atom. The van der Waals surface area contributed by atoms with E-state index in [1.165, 1.54) is 12.1 Å². The fraction of sp³-hybridized carbons (Fsp3) is 0.200. The molecule has 0 saturated carbocycles. The van der Waals surface area contributed by atoms with Gasteiger partial charge in [0.05, 0.1) is 33.3 Å². The zero-order valence-corrected chi connectivity index (χ0v) is 18.1. The standard InChI is InChI=1S/C20H16Cl2F3N3O5/c21-13-4-2-1-3-12(13)19(32)28-27-17(30)10-33-18(31)8-7-16(29)26-15-9-11(20(23,24)25)5-6-14(15)22/h1-6,9H,7-8,10H2,(H,26,29)(H,27,30)(H,28,32). The molecule has 0 atom stereocenters. The minimum atomic E-state index is -4.62. The topological polar surface area (TPSA) is 114 Å². The van der Waals surface area contributed by atoms with Crippen LogP contribution in [0, 0.1) is 0 Å². The molecule has 0 heterocycles. The predicted molar refractivity (Wildman–Crippen MR) is 112 cm³/mol. The highest BCUT2D eigenvalue weighted by Crippen LogP contribution is 2.33. The number of carbonyl (C=O) groups is 4. The number of nitrogens with one attached hydrogen (secondary N) is 3. The number of alkyl halides is 3. The Morgan fingerprint density at radius 2 is 1.58 bits per heavy atom. The third kappa shape index (κ3) is 8.28. The number of halogens is 5. The van der Waals surface area contributed by atoms with Crippen molar-refractivity contribution in [2.45, 2.75) is 19.0 Å². The molecule has 2 rings (SSSR count). The summed E-state index contributed by atoms with van der Waals surface area (Å²) in [5.41, 5.74) is 2.96. The molecule has 33 heavy (non-hydrogen) atoms. The summed E-state index contributed by atoms with van der Waals surface area (Å²) in [6, 6.07) is 8.51. The summed E-state index contributed by atoms with van der Waals surface area (Å²) in [5, 5.41) is 2.23. The maximum Gasteiger partial charge on any atom is 0.416 e. The van der Waals surface area contributed by atoms with Gasteiger partial charge < -0.3 is 10.1 Å². The summed E-state index contributed by atoms with van der Waals surface area (Å²) in [6.07, 6.45) is -5.51. The van der Waals surface area contributed by atoms with E-state index in [2.05, 4.69) is 15.5 Å². The minimum absolute atomic E-state index is 0.114. The van der Waals surface area contributed by atoms with Gasteiger partial charge in [-0.1, -0.05) is 35.3 Å². The van der Waals surface area contributed by atoms with E-state index in [0.717, 1.165) is 12.1 Å². The van der Waals surface area contributed by atoms with Crippen LogP contribution in [0.4, 0.5) is 18.9 Å². The van der Waals surface area contributed by atoms with E-state index in [9.17, 15) is 32.3 Å². The Morgan fingerprint density at radius 3 is 2.24 bits per heavy atom. The lowest BCUT2D eigenvalue weighted by molar-refractivity contribution is -0.149. The van der Waals surface area contributed by atoms with Crippen LogP contribution in [0.3, 0.4) is 0 Å². The molecular formula is C20H16Cl2F3N3O5. The lowest BCUT2D eigenvalue weighted by Crippen LogP contribution is -2.43. The number of hydrazine groups is 1. The zero-order valence-electron chi connectivity index (χ0n) is 16.6. The highest BCUT2D eigenvalue weighted by Gasteiger charge is 2.31. The van der Waals surface area contributed by atoms with Gasteiger partial charge in [-0.05, 0) is 30.3 Å². The molecule has 0 aromatic heterocycles. The third-order valence-corrected chi connectivity index (χ3v) is 4.58. The van der Waals surface area contributed by atoms with Crippen molar-refractivity contribution in [2.24, 2.45) is 0 Å². The number of rotatable bonds is 7. The van der Waals surface area contributed by atoms with Crippen LogP contribution >= 0.6 is 23.2 Å². The third-order valence-electron chi connectivity index (χ3n) is 3.92. The van der Waals surface area contributed by atoms with Crippen LogP contribution in [-0.2, 0) is 25.3 Å². The van der Waals surface area contributed by atoms with E-state index in [0.29, 0.717) is 6.07 Å². The van der Waals surface area contributed by atoms with Crippen molar-refractivity contribution in [1.82, 2.24) is 10.9 Å². The summed E-state index contributed by atoms with van der Waals surface area (Å²) in [4.78, 5) is 47.2. The lowest BCUT2D eigenvalue weighted by atomic mass is 10.2. The Labute approximate surface area is 195 Å². The van der Waals surface area contributed by atoms with Gasteiger partial charge in [0.2, 0.25) is 5.91 Å². The summed E-state index contributed by atoms with van der Waals surface area (Å²) < 4.78 is 43.0. The number of carbonyl (C=O) groups excluding carboxylic acids is 4. The van der Waals surface area contributed by atoms with Crippen molar-refractivity contribution >= 4 is 52.6 Å². The van der Waals surface area contributed by atoms with Gasteiger partial charge in [-0.3, -0.25) is 30.0 Å². The van der Waals surface area contributed by atoms with Gasteiger partial charge >= 0.3 is 12.1 Å². The molecule has 0 radical (unpaired) electrons. The second-order valence-electron chi connectivity index (χ2n) is 6.38. The predicted octanol–water partition coefficient (Wildman–Crippen LogP) is 3.74. The van der Waals surface area contributed by atoms with Crippen LogP contribution in [0.2, 0.25) is 10.0 Å². The Hall–Kier alpha value is -3.31. The first-order valence-corrected chi connectivity index (χ1v) is 9.89. The largest absolute Gasteiger partial charge is 0.455 e. The molecule has 0 saturated heterocycles. The van der Waals surface area contributed by atoms with Gasteiger partial charge in [-0.25, -0.2) is 0 Å². The van der Waals surface area contributed by atoms with E-state index < -0.39 is 54.9 Å². The molecular weight excluding hydrogens is 490 g/mol. The quantitative estimate of drug-likeness (QED) is 0.391. The normalized spacial score (nSPS) is 10.8. The Bertz CT molecular complexity index is 1060. The fourth-order valence-electron chi connectivity index (χ4n) is 2.32. The zero-order chi connectivity index (χ0) is 24.6. The van der Waals surface area contributed by atoms with Crippen LogP contribution < -0.4 is 16.2 Å². The average Bonchev–Trinajstić information content (AvgIpc) is 2.75. The number of hydrogen-bond acceptors (Lipinski definition) is 5. The highest BCUT2D eigenvalue weighted by atomic mass is 35.5. The molecule has 0 aliphatic rings. The molecule has 8 nitrogen and oxygen atoms in total. The van der Waals surface area contributed by atoms with Gasteiger partial charge in [0.25, 0.3) is 11.8 Å². The second-order valence-corrected chi connectivity index (χ2v) is 7.20. The summed E-state index contributed by atoms with van der Waals surface area (Å²) in [7, 11) is 0. The van der Waals surface area contributed by atoms with Crippen molar-refractivity contribution in [3.8, 4) is 0 Å². The second kappa shape index (κ2) is 11.5. The molecule has 0 aliphatic heterocycles. The first kappa shape index (κ1) is 25.9. The van der Waals surface area contributed by atoms with Crippen molar-refractivity contribution in [3.05, 3.63) is 63.6 Å². The first-order valence-electron chi connectivity index (χ1n) is 9.13. The van der Waals surface area contributed by atoms with E-state index in [1.54, 1.807) is 12.1 Å². The van der Waals surface area contributed by atoms with E-state index in [-0.39, 0.29) is 21.3 Å². The number of benzene rings is 2. The number of ether oxygens (including phenoxy) is 1. The number of esters is 1. The highest BCUT2D eigenvalue weighted by molar-refractivity contribution is 6.34. The van der Waals surface area contributed by atoms with Gasteiger partial charge in [0.15, 0.2) is 6.61 Å². The Kier molecular flexibility index (Phi) is 9.06. The van der Waals surface area contributed by atoms with Crippen molar-refractivity contribution in [1.29, 1.82) is 0 Å². The summed E-state index contributed by atoms with van der Waals surface area (Å²) in [6.45, 7) is -0.747. The Balaban J connectivity index is 1.73. The molecule has 176 valence electrons. The molecule has 0 unspecified atom stereocenters. The first-order chi connectivity index (χ1) is 15.5. The van der Waals surface area contributed by atoms with Crippen molar-refractivity contribution in [2.75, 3.05) is 11.9 Å². The van der Waals surface area contributed by atoms with Gasteiger partial charge in [-0.2, -0.15) is 13.2 Å². The molecule has 3 N–H and O–H groups in total. The smallest absolute Gasteiger partial charge is 0.416 e. The maximum absolute atomic E-state index is 12.8. The SMILES string of the molecule is O=C(COC(=O)CCC(=O)Nc1cc(C(F)(F)F)ccc1Cl)NNC(=O)c1ccccc1Cl. The molecule has 0 fully saturated rings. The number of hydrogen-bond donors (Lipinski definition) is 3. The summed E-state index contributed by atoms with van der Waals surface area (Å²) in [5.74, 6) is -3.26. The minimum Gasteiger partial charge on any atom is -0.455 e. The van der Waals surface area contributed by atoms with Crippen LogP contribution in [0.1, 0.15) is 28.8 Å². The van der Waals surface area contributed by atoms with Gasteiger partial charge in [0, 0.05) is 6.42 Å². The molecule has 2 aromatic carbocycles. The van der Waals surface area contributed by atoms with Gasteiger partial charge in [-0.15, -0.1) is 0 Å². The number of anilines is 1. The molecule has 0 spiro atoms. The van der Waals surface area contributed by atoms with Crippen LogP contribution in [0.5, 0.6) is 0 Å². The van der Waals surface area contributed by atoms with Gasteiger partial charge in [0.1, 0.15) is 0 Å². The van der Waals surface area contributed by atoms with Crippen molar-refractivity contribution in [3.63, 3.8) is 0 Å². The lowest BCUT2D eigenvalue weighted by Gasteiger charge is -2.11.